The molecule has 7 amide bonds. The Morgan fingerprint density at radius 1 is 0.827 bits per heavy atom. The molecule has 4 heterocycles. The van der Waals surface area contributed by atoms with Gasteiger partial charge in [0.05, 0.1) is 36.7 Å². The van der Waals surface area contributed by atoms with Gasteiger partial charge < -0.3 is 47.1 Å². The molecule has 0 saturated carbocycles. The zero-order valence-electron chi connectivity index (χ0n) is 42.8. The van der Waals surface area contributed by atoms with E-state index in [-0.39, 0.29) is 78.5 Å². The highest BCUT2D eigenvalue weighted by Crippen LogP contribution is 2.32. The lowest BCUT2D eigenvalue weighted by Gasteiger charge is -2.27. The minimum Gasteiger partial charge on any atom is -0.467 e. The zero-order chi connectivity index (χ0) is 54.4. The van der Waals surface area contributed by atoms with Gasteiger partial charge in [0.2, 0.25) is 29.6 Å². The minimum absolute atomic E-state index is 0.00810. The van der Waals surface area contributed by atoms with Gasteiger partial charge in [-0.1, -0.05) is 31.7 Å². The summed E-state index contributed by atoms with van der Waals surface area (Å²) < 4.78 is 10.5. The molecule has 0 radical (unpaired) electrons. The van der Waals surface area contributed by atoms with Crippen LogP contribution in [0.2, 0.25) is 0 Å². The highest BCUT2D eigenvalue weighted by Gasteiger charge is 2.45. The predicted octanol–water partition coefficient (Wildman–Crippen LogP) is 2.85. The molecule has 0 spiro atoms. The van der Waals surface area contributed by atoms with Crippen LogP contribution in [0.5, 0.6) is 0 Å². The van der Waals surface area contributed by atoms with Crippen molar-refractivity contribution < 1.29 is 52.6 Å². The van der Waals surface area contributed by atoms with Crippen molar-refractivity contribution in [2.24, 2.45) is 0 Å². The van der Waals surface area contributed by atoms with Crippen LogP contribution in [0.25, 0.3) is 11.2 Å². The third kappa shape index (κ3) is 15.4. The van der Waals surface area contributed by atoms with E-state index in [1.807, 2.05) is 11.9 Å². The van der Waals surface area contributed by atoms with Crippen LogP contribution in [0.15, 0.2) is 48.7 Å². The van der Waals surface area contributed by atoms with E-state index in [0.29, 0.717) is 36.5 Å². The number of aromatic nitrogens is 4. The number of nitrogens with zero attached hydrogens (tertiary/aromatic N) is 6. The number of ether oxygens (including phenoxy) is 2. The number of rotatable bonds is 25. The number of unbranched alkanes of at least 4 members (excludes halogenated alkanes) is 5. The average Bonchev–Trinajstić information content (AvgIpc) is 3.63. The Morgan fingerprint density at radius 2 is 1.49 bits per heavy atom. The monoisotopic (exact) mass is 1040 g/mol. The number of nitrogen functional groups attached to an aromatic ring is 2. The Balaban J connectivity index is 0.884. The Bertz CT molecular complexity index is 2800. The van der Waals surface area contributed by atoms with Crippen molar-refractivity contribution in [3.8, 4) is 0 Å². The van der Waals surface area contributed by atoms with Crippen LogP contribution in [-0.4, -0.2) is 129 Å². The second-order valence-electron chi connectivity index (χ2n) is 19.3. The number of hydrogen-bond donors (Lipinski definition) is 7. The maximum atomic E-state index is 13.5. The van der Waals surface area contributed by atoms with Gasteiger partial charge in [-0.3, -0.25) is 43.8 Å². The lowest BCUT2D eigenvalue weighted by Crippen LogP contribution is -2.54. The fourth-order valence-electron chi connectivity index (χ4n) is 8.49. The molecule has 2 aromatic carbocycles. The molecule has 2 aliphatic heterocycles. The normalized spacial score (nSPS) is 15.1. The SMILES string of the molecule is COC(=O)[C@H](CCC(=O)NCCCCCCCCNc1cccc2c1C(=O)N(C1CCC(=O)NC1=O)C2=O)NC(=O)CC[C@H](NC(=O)c1ccc(N(C)Cc2cnc3nc(N)nc(N)c3n2)cc1)C(=O)OC(C)(C)C. The molecular weight excluding hydrogens is 971 g/mol. The number of fused-ring (bicyclic) bond motifs is 2. The fraction of sp³-hybridized carbons (Fsp3) is 0.471. The lowest BCUT2D eigenvalue weighted by atomic mass is 10.0. The van der Waals surface area contributed by atoms with Crippen LogP contribution < -0.4 is 43.0 Å². The summed E-state index contributed by atoms with van der Waals surface area (Å²) in [5, 5.41) is 13.6. The third-order valence-electron chi connectivity index (χ3n) is 12.3. The van der Waals surface area contributed by atoms with Gasteiger partial charge in [0.1, 0.15) is 23.7 Å². The van der Waals surface area contributed by atoms with E-state index in [9.17, 15) is 43.2 Å². The summed E-state index contributed by atoms with van der Waals surface area (Å²) in [7, 11) is 2.99. The number of hydrogen-bond acceptors (Lipinski definition) is 19. The number of nitrogens with two attached hydrogens (primary N) is 2. The van der Waals surface area contributed by atoms with Gasteiger partial charge in [-0.25, -0.2) is 19.6 Å². The van der Waals surface area contributed by atoms with Crippen LogP contribution in [0.1, 0.15) is 135 Å². The highest BCUT2D eigenvalue weighted by molar-refractivity contribution is 6.25. The van der Waals surface area contributed by atoms with Crippen molar-refractivity contribution in [3.05, 3.63) is 71.0 Å². The largest absolute Gasteiger partial charge is 0.467 e. The van der Waals surface area contributed by atoms with E-state index in [1.54, 1.807) is 69.4 Å². The standard InChI is InChI=1S/C51H65N13O11/c1-51(2,3)75-49(73)35(59-44(68)29-15-17-31(18-16-29)63(4)28-30-27-56-43-41(57-30)42(52)61-50(53)62-43)20-23-38(66)58-34(48(72)74-5)19-22-37(65)55-26-11-9-7-6-8-10-25-54-33-14-12-13-32-40(33)47(71)64(46(32)70)36-21-24-39(67)60-45(36)69/h12-18,27,34-36,54H,6-11,19-26,28H2,1-5H3,(H,55,65)(H,58,66)(H,59,68)(H,60,67,69)(H4,52,53,56,61,62)/t34-,35-,36?/m0/s1. The van der Waals surface area contributed by atoms with Gasteiger partial charge in [0.15, 0.2) is 17.0 Å². The van der Waals surface area contributed by atoms with Crippen molar-refractivity contribution in [1.29, 1.82) is 0 Å². The van der Waals surface area contributed by atoms with Crippen LogP contribution in [0, 0.1) is 0 Å². The van der Waals surface area contributed by atoms with E-state index in [0.717, 1.165) is 49.1 Å². The zero-order valence-corrected chi connectivity index (χ0v) is 42.8. The van der Waals surface area contributed by atoms with Crippen molar-refractivity contribution in [2.75, 3.05) is 48.9 Å². The summed E-state index contributed by atoms with van der Waals surface area (Å²) in [4.78, 5) is 135. The Kier molecular flexibility index (Phi) is 19.1. The summed E-state index contributed by atoms with van der Waals surface area (Å²) in [6.07, 6.45) is 6.24. The van der Waals surface area contributed by atoms with E-state index >= 15 is 0 Å². The predicted molar refractivity (Wildman–Crippen MR) is 274 cm³/mol. The maximum Gasteiger partial charge on any atom is 0.329 e. The molecule has 400 valence electrons. The number of nitrogens with one attached hydrogen (secondary N) is 5. The molecule has 1 unspecified atom stereocenters. The molecule has 3 atom stereocenters. The van der Waals surface area contributed by atoms with E-state index in [2.05, 4.69) is 46.5 Å². The average molecular weight is 1040 g/mol. The first kappa shape index (κ1) is 56.0. The molecule has 4 aromatic rings. The number of esters is 2. The topological polar surface area (TPSA) is 342 Å². The van der Waals surface area contributed by atoms with Gasteiger partial charge >= 0.3 is 11.9 Å². The summed E-state index contributed by atoms with van der Waals surface area (Å²) in [5.74, 6) is -5.13. The fourth-order valence-corrected chi connectivity index (χ4v) is 8.49. The first-order chi connectivity index (χ1) is 35.7. The number of piperidine rings is 1. The second-order valence-corrected chi connectivity index (χ2v) is 19.3. The second kappa shape index (κ2) is 25.6. The van der Waals surface area contributed by atoms with E-state index < -0.39 is 71.1 Å². The van der Waals surface area contributed by atoms with Crippen LogP contribution in [0.4, 0.5) is 23.1 Å². The Hall–Kier alpha value is -8.31. The molecule has 1 fully saturated rings. The molecule has 24 nitrogen and oxygen atoms in total. The number of anilines is 4. The van der Waals surface area contributed by atoms with E-state index in [1.165, 1.54) is 7.11 Å². The number of benzene rings is 2. The van der Waals surface area contributed by atoms with Gasteiger partial charge in [-0.15, -0.1) is 0 Å². The maximum absolute atomic E-state index is 13.5. The quantitative estimate of drug-likeness (QED) is 0.0285. The molecule has 24 heteroatoms. The van der Waals surface area contributed by atoms with Crippen molar-refractivity contribution in [3.63, 3.8) is 0 Å². The lowest BCUT2D eigenvalue weighted by molar-refractivity contribution is -0.157. The van der Waals surface area contributed by atoms with Gasteiger partial charge in [-0.2, -0.15) is 9.97 Å². The molecule has 0 bridgehead atoms. The molecule has 75 heavy (non-hydrogen) atoms. The van der Waals surface area contributed by atoms with Gasteiger partial charge in [0, 0.05) is 56.3 Å². The summed E-state index contributed by atoms with van der Waals surface area (Å²) in [6.45, 7) is 6.32. The number of amides is 7. The van der Waals surface area contributed by atoms with Gasteiger partial charge in [0.25, 0.3) is 17.7 Å². The summed E-state index contributed by atoms with van der Waals surface area (Å²) in [6, 6.07) is 8.14. The summed E-state index contributed by atoms with van der Waals surface area (Å²) in [5.41, 5.74) is 13.8. The van der Waals surface area contributed by atoms with Crippen molar-refractivity contribution >= 4 is 87.6 Å². The molecule has 2 aromatic heterocycles. The first-order valence-electron chi connectivity index (χ1n) is 24.8. The molecule has 6 rings (SSSR count). The Morgan fingerprint density at radius 3 is 2.17 bits per heavy atom. The Labute approximate surface area is 433 Å². The van der Waals surface area contributed by atoms with Crippen molar-refractivity contribution in [2.45, 2.75) is 128 Å². The van der Waals surface area contributed by atoms with Crippen LogP contribution in [-0.2, 0) is 44.8 Å². The first-order valence-corrected chi connectivity index (χ1v) is 24.8. The highest BCUT2D eigenvalue weighted by atomic mass is 16.6. The molecule has 1 saturated heterocycles. The van der Waals surface area contributed by atoms with Crippen LogP contribution in [0.3, 0.4) is 0 Å². The smallest absolute Gasteiger partial charge is 0.329 e. The molecule has 2 aliphatic rings. The van der Waals surface area contributed by atoms with Gasteiger partial charge in [-0.05, 0) is 89.3 Å². The van der Waals surface area contributed by atoms with Crippen LogP contribution >= 0.6 is 0 Å². The summed E-state index contributed by atoms with van der Waals surface area (Å²) >= 11 is 0. The minimum atomic E-state index is -1.23. The number of methoxy groups -OCH3 is 1. The number of imide groups is 2. The third-order valence-corrected chi connectivity index (χ3v) is 12.3. The van der Waals surface area contributed by atoms with E-state index in [4.69, 9.17) is 20.9 Å². The van der Waals surface area contributed by atoms with Crippen molar-refractivity contribution in [1.82, 2.24) is 46.1 Å². The molecular formula is C51H65N13O11. The molecule has 9 N–H and O–H groups in total. The number of carbonyl (C=O) groups excluding carboxylic acids is 9. The molecule has 0 aliphatic carbocycles. The number of carbonyl (C=O) groups is 9.